The maximum absolute atomic E-state index is 12.9. The van der Waals surface area contributed by atoms with Crippen molar-refractivity contribution in [2.45, 2.75) is 38.7 Å². The van der Waals surface area contributed by atoms with Gasteiger partial charge in [-0.2, -0.15) is 0 Å². The van der Waals surface area contributed by atoms with Crippen LogP contribution in [0.2, 0.25) is 0 Å². The Hall–Kier alpha value is -3.78. The first-order valence-electron chi connectivity index (χ1n) is 11.6. The van der Waals surface area contributed by atoms with Crippen molar-refractivity contribution in [3.05, 3.63) is 70.7 Å². The van der Waals surface area contributed by atoms with Crippen LogP contribution in [-0.4, -0.2) is 35.1 Å². The largest absolute Gasteiger partial charge is 0.481 e. The number of nitrogens with zero attached hydrogens (tertiary/aromatic N) is 2. The molecule has 0 spiro atoms. The number of para-hydroxylation sites is 2. The fraction of sp³-hybridized carbons (Fsp3) is 0.259. The van der Waals surface area contributed by atoms with Gasteiger partial charge in [0.1, 0.15) is 10.8 Å². The number of anilines is 1. The van der Waals surface area contributed by atoms with Crippen LogP contribution in [0.25, 0.3) is 22.3 Å². The summed E-state index contributed by atoms with van der Waals surface area (Å²) in [4.78, 5) is 35.6. The van der Waals surface area contributed by atoms with Crippen LogP contribution in [0.3, 0.4) is 0 Å². The monoisotopic (exact) mass is 487 g/mol. The molecule has 1 atom stereocenters. The molecular weight excluding hydrogens is 462 g/mol. The van der Waals surface area contributed by atoms with E-state index in [0.717, 1.165) is 58.4 Å². The van der Waals surface area contributed by atoms with Crippen molar-refractivity contribution in [2.24, 2.45) is 0 Å². The second-order valence-electron chi connectivity index (χ2n) is 8.42. The van der Waals surface area contributed by atoms with Gasteiger partial charge in [0.15, 0.2) is 6.10 Å². The van der Waals surface area contributed by atoms with Crippen LogP contribution in [0, 0.1) is 0 Å². The molecule has 2 aromatic carbocycles. The first-order valence-corrected chi connectivity index (χ1v) is 12.4. The molecule has 2 aromatic heterocycles. The van der Waals surface area contributed by atoms with Gasteiger partial charge in [-0.3, -0.25) is 9.78 Å². The van der Waals surface area contributed by atoms with Crippen LogP contribution in [0.15, 0.2) is 54.7 Å². The molecule has 2 heterocycles. The molecule has 4 aromatic rings. The lowest BCUT2D eigenvalue weighted by molar-refractivity contribution is -0.122. The van der Waals surface area contributed by atoms with Gasteiger partial charge in [-0.05, 0) is 74.6 Å². The number of hydrogen-bond donors (Lipinski definition) is 1. The smallest absolute Gasteiger partial charge is 0.341 e. The molecule has 0 fully saturated rings. The Bertz CT molecular complexity index is 1400. The average molecular weight is 488 g/mol. The van der Waals surface area contributed by atoms with Crippen LogP contribution in [0.5, 0.6) is 5.75 Å². The van der Waals surface area contributed by atoms with E-state index in [0.29, 0.717) is 16.3 Å². The molecule has 0 aliphatic heterocycles. The number of rotatable bonds is 6. The van der Waals surface area contributed by atoms with Gasteiger partial charge < -0.3 is 14.8 Å². The van der Waals surface area contributed by atoms with Gasteiger partial charge in [0.05, 0.1) is 35.6 Å². The summed E-state index contributed by atoms with van der Waals surface area (Å²) in [6.07, 6.45) is 4.84. The number of carbonyl (C=O) groups excluding carboxylic acids is 2. The first kappa shape index (κ1) is 23.0. The quantitative estimate of drug-likeness (QED) is 0.365. The summed E-state index contributed by atoms with van der Waals surface area (Å²) >= 11 is 1.46. The van der Waals surface area contributed by atoms with E-state index in [9.17, 15) is 9.59 Å². The third kappa shape index (κ3) is 4.74. The lowest BCUT2D eigenvalue weighted by atomic mass is 9.95. The zero-order chi connectivity index (χ0) is 24.4. The highest BCUT2D eigenvalue weighted by Gasteiger charge is 2.28. The van der Waals surface area contributed by atoms with Crippen molar-refractivity contribution < 1.29 is 19.1 Å². The van der Waals surface area contributed by atoms with E-state index in [1.807, 2.05) is 36.4 Å². The van der Waals surface area contributed by atoms with Gasteiger partial charge in [-0.25, -0.2) is 9.78 Å². The molecule has 7 nitrogen and oxygen atoms in total. The van der Waals surface area contributed by atoms with E-state index in [1.165, 1.54) is 18.4 Å². The summed E-state index contributed by atoms with van der Waals surface area (Å²) in [6, 6.07) is 15.1. The van der Waals surface area contributed by atoms with Crippen molar-refractivity contribution in [3.63, 3.8) is 0 Å². The summed E-state index contributed by atoms with van der Waals surface area (Å²) in [6.45, 7) is 1.68. The topological polar surface area (TPSA) is 90.4 Å². The molecule has 0 saturated carbocycles. The van der Waals surface area contributed by atoms with E-state index >= 15 is 0 Å². The number of aromatic nitrogens is 2. The Morgan fingerprint density at radius 3 is 2.54 bits per heavy atom. The number of fused-ring (bicyclic) bond motifs is 2. The number of benzene rings is 2. The Kier molecular flexibility index (Phi) is 6.46. The van der Waals surface area contributed by atoms with E-state index in [4.69, 9.17) is 9.47 Å². The van der Waals surface area contributed by atoms with Gasteiger partial charge in [0.2, 0.25) is 0 Å². The molecule has 0 bridgehead atoms. The minimum absolute atomic E-state index is 0.321. The fourth-order valence-electron chi connectivity index (χ4n) is 4.24. The predicted octanol–water partition coefficient (Wildman–Crippen LogP) is 5.43. The minimum Gasteiger partial charge on any atom is -0.481 e. The number of esters is 1. The zero-order valence-electron chi connectivity index (χ0n) is 19.5. The summed E-state index contributed by atoms with van der Waals surface area (Å²) < 4.78 is 10.9. The Balaban J connectivity index is 1.28. The number of hydrogen-bond acceptors (Lipinski definition) is 7. The number of aryl methyl sites for hydroxylation is 1. The Morgan fingerprint density at radius 1 is 1.03 bits per heavy atom. The van der Waals surface area contributed by atoms with Gasteiger partial charge in [-0.15, -0.1) is 11.3 Å². The molecule has 1 aliphatic rings. The number of thiophene rings is 1. The summed E-state index contributed by atoms with van der Waals surface area (Å²) in [5.41, 5.74) is 4.82. The standard InChI is InChI=1S/C27H25N3O4S/c1-16(25(31)30-26-24(27(32)33-2)19-7-3-6-10-23(19)35-26)34-18-13-11-17(12-14-18)22-15-28-20-8-4-5-9-21(20)29-22/h4-5,8-9,11-16H,3,6-7,10H2,1-2H3,(H,30,31)/t16-/m0/s1. The highest BCUT2D eigenvalue weighted by molar-refractivity contribution is 7.17. The van der Waals surface area contributed by atoms with Crippen molar-refractivity contribution in [1.82, 2.24) is 9.97 Å². The van der Waals surface area contributed by atoms with Crippen LogP contribution >= 0.6 is 11.3 Å². The van der Waals surface area contributed by atoms with E-state index in [2.05, 4.69) is 15.3 Å². The number of methoxy groups -OCH3 is 1. The molecule has 35 heavy (non-hydrogen) atoms. The van der Waals surface area contributed by atoms with Crippen molar-refractivity contribution in [3.8, 4) is 17.0 Å². The predicted molar refractivity (Wildman–Crippen MR) is 136 cm³/mol. The van der Waals surface area contributed by atoms with Crippen molar-refractivity contribution in [2.75, 3.05) is 12.4 Å². The third-order valence-electron chi connectivity index (χ3n) is 6.08. The second kappa shape index (κ2) is 9.84. The summed E-state index contributed by atoms with van der Waals surface area (Å²) in [5.74, 6) is -0.178. The second-order valence-corrected chi connectivity index (χ2v) is 9.53. The van der Waals surface area contributed by atoms with E-state index < -0.39 is 12.1 Å². The number of ether oxygens (including phenoxy) is 2. The Labute approximate surface area is 207 Å². The lowest BCUT2D eigenvalue weighted by Crippen LogP contribution is -2.30. The summed E-state index contributed by atoms with van der Waals surface area (Å²) in [7, 11) is 1.36. The van der Waals surface area contributed by atoms with Gasteiger partial charge in [0, 0.05) is 10.4 Å². The maximum Gasteiger partial charge on any atom is 0.341 e. The Morgan fingerprint density at radius 2 is 1.77 bits per heavy atom. The molecule has 8 heteroatoms. The molecule has 5 rings (SSSR count). The number of amides is 1. The number of nitrogens with one attached hydrogen (secondary N) is 1. The number of carbonyl (C=O) groups is 2. The maximum atomic E-state index is 12.9. The molecule has 0 unspecified atom stereocenters. The molecule has 0 saturated heterocycles. The molecule has 1 amide bonds. The van der Waals surface area contributed by atoms with Gasteiger partial charge in [-0.1, -0.05) is 12.1 Å². The van der Waals surface area contributed by atoms with E-state index in [1.54, 1.807) is 25.3 Å². The SMILES string of the molecule is COC(=O)c1c(NC(=O)[C@H](C)Oc2ccc(-c3cnc4ccccc4n3)cc2)sc2c1CCCC2. The van der Waals surface area contributed by atoms with Crippen molar-refractivity contribution in [1.29, 1.82) is 0 Å². The third-order valence-corrected chi connectivity index (χ3v) is 7.29. The van der Waals surface area contributed by atoms with Crippen LogP contribution < -0.4 is 10.1 Å². The lowest BCUT2D eigenvalue weighted by Gasteiger charge is -2.15. The van der Waals surface area contributed by atoms with E-state index in [-0.39, 0.29) is 5.91 Å². The van der Waals surface area contributed by atoms with Crippen LogP contribution in [-0.2, 0) is 22.4 Å². The normalized spacial score (nSPS) is 13.7. The minimum atomic E-state index is -0.758. The molecule has 1 N–H and O–H groups in total. The van der Waals surface area contributed by atoms with Crippen LogP contribution in [0.1, 0.15) is 40.6 Å². The molecule has 0 radical (unpaired) electrons. The van der Waals surface area contributed by atoms with Crippen molar-refractivity contribution >= 4 is 39.2 Å². The molecule has 178 valence electrons. The highest BCUT2D eigenvalue weighted by Crippen LogP contribution is 2.38. The highest BCUT2D eigenvalue weighted by atomic mass is 32.1. The molecule has 1 aliphatic carbocycles. The van der Waals surface area contributed by atoms with Gasteiger partial charge >= 0.3 is 5.97 Å². The molecular formula is C27H25N3O4S. The summed E-state index contributed by atoms with van der Waals surface area (Å²) in [5, 5.41) is 3.43. The van der Waals surface area contributed by atoms with Crippen LogP contribution in [0.4, 0.5) is 5.00 Å². The van der Waals surface area contributed by atoms with Gasteiger partial charge in [0.25, 0.3) is 5.91 Å². The zero-order valence-corrected chi connectivity index (χ0v) is 20.4. The fourth-order valence-corrected chi connectivity index (χ4v) is 5.52. The first-order chi connectivity index (χ1) is 17.0. The average Bonchev–Trinajstić information content (AvgIpc) is 3.26.